The summed E-state index contributed by atoms with van der Waals surface area (Å²) in [7, 11) is 1.39. The Morgan fingerprint density at radius 1 is 1.10 bits per heavy atom. The third-order valence-electron chi connectivity index (χ3n) is 6.28. The molecule has 4 nitrogen and oxygen atoms in total. The van der Waals surface area contributed by atoms with Gasteiger partial charge in [-0.25, -0.2) is 4.39 Å². The van der Waals surface area contributed by atoms with Crippen molar-refractivity contribution in [3.63, 3.8) is 0 Å². The summed E-state index contributed by atoms with van der Waals surface area (Å²) in [6.45, 7) is 3.73. The highest BCUT2D eigenvalue weighted by Gasteiger charge is 2.32. The van der Waals surface area contributed by atoms with Gasteiger partial charge in [-0.1, -0.05) is 25.0 Å². The van der Waals surface area contributed by atoms with Crippen LogP contribution >= 0.6 is 0 Å². The molecule has 0 aliphatic heterocycles. The number of rotatable bonds is 8. The van der Waals surface area contributed by atoms with Crippen molar-refractivity contribution in [2.24, 2.45) is 0 Å². The van der Waals surface area contributed by atoms with Crippen LogP contribution in [0.3, 0.4) is 0 Å². The predicted molar refractivity (Wildman–Crippen MR) is 114 cm³/mol. The monoisotopic (exact) mass is 412 g/mol. The highest BCUT2D eigenvalue weighted by Crippen LogP contribution is 2.45. The Bertz CT molecular complexity index is 947. The molecular formula is C25H29FO4. The van der Waals surface area contributed by atoms with Crippen LogP contribution in [0.1, 0.15) is 82.6 Å². The molecule has 0 bridgehead atoms. The van der Waals surface area contributed by atoms with Crippen LogP contribution in [0.25, 0.3) is 0 Å². The summed E-state index contributed by atoms with van der Waals surface area (Å²) in [5.41, 5.74) is 4.99. The van der Waals surface area contributed by atoms with Gasteiger partial charge in [0.25, 0.3) is 0 Å². The lowest BCUT2D eigenvalue weighted by Gasteiger charge is -2.24. The van der Waals surface area contributed by atoms with Gasteiger partial charge in [0, 0.05) is 29.9 Å². The maximum absolute atomic E-state index is 13.5. The van der Waals surface area contributed by atoms with Gasteiger partial charge in [0.15, 0.2) is 5.78 Å². The van der Waals surface area contributed by atoms with Crippen molar-refractivity contribution < 1.29 is 23.8 Å². The number of Topliss-reactive ketones (excluding diaryl/α,β-unsaturated/α-hetero) is 1. The number of esters is 1. The molecule has 2 aromatic carbocycles. The van der Waals surface area contributed by atoms with Crippen LogP contribution < -0.4 is 0 Å². The minimum atomic E-state index is -0.305. The highest BCUT2D eigenvalue weighted by molar-refractivity contribution is 6.03. The van der Waals surface area contributed by atoms with Crippen molar-refractivity contribution in [1.29, 1.82) is 0 Å². The standard InChI is InChI=1S/C25H29FO4/c1-15-16(2)25(29)24(20-13-14-21(27)23(15)20)19(17-9-11-18(26)12-10-17)7-5-4-6-8-22(28)30-3/h9-12,19,29H,4-8,13-14H2,1-3H3. The number of carbonyl (C=O) groups is 2. The van der Waals surface area contributed by atoms with Gasteiger partial charge in [0.1, 0.15) is 11.6 Å². The SMILES string of the molecule is COC(=O)CCCCCC(c1ccc(F)cc1)c1c(O)c(C)c(C)c2c1CCC2=O. The first kappa shape index (κ1) is 22.0. The van der Waals surface area contributed by atoms with Crippen molar-refractivity contribution in [2.75, 3.05) is 7.11 Å². The first-order valence-electron chi connectivity index (χ1n) is 10.6. The fourth-order valence-corrected chi connectivity index (χ4v) is 4.52. The van der Waals surface area contributed by atoms with Crippen LogP contribution in [0.2, 0.25) is 0 Å². The first-order chi connectivity index (χ1) is 14.3. The number of benzene rings is 2. The van der Waals surface area contributed by atoms with Crippen LogP contribution in [-0.2, 0) is 16.0 Å². The van der Waals surface area contributed by atoms with E-state index >= 15 is 0 Å². The number of phenolic OH excluding ortho intramolecular Hbond substituents is 1. The van der Waals surface area contributed by atoms with Crippen LogP contribution in [0.5, 0.6) is 5.75 Å². The summed E-state index contributed by atoms with van der Waals surface area (Å²) in [6, 6.07) is 6.38. The van der Waals surface area contributed by atoms with Gasteiger partial charge in [-0.05, 0) is 67.5 Å². The molecule has 160 valence electrons. The third-order valence-corrected chi connectivity index (χ3v) is 6.28. The van der Waals surface area contributed by atoms with Gasteiger partial charge >= 0.3 is 5.97 Å². The van der Waals surface area contributed by atoms with E-state index < -0.39 is 0 Å². The predicted octanol–water partition coefficient (Wildman–Crippen LogP) is 5.53. The molecule has 0 saturated carbocycles. The summed E-state index contributed by atoms with van der Waals surface area (Å²) in [5.74, 6) is -0.288. The molecule has 1 aliphatic carbocycles. The molecular weight excluding hydrogens is 383 g/mol. The molecule has 0 radical (unpaired) electrons. The van der Waals surface area contributed by atoms with Gasteiger partial charge in [-0.3, -0.25) is 9.59 Å². The Labute approximate surface area is 177 Å². The van der Waals surface area contributed by atoms with Crippen LogP contribution in [0.15, 0.2) is 24.3 Å². The van der Waals surface area contributed by atoms with E-state index in [4.69, 9.17) is 0 Å². The molecule has 0 fully saturated rings. The largest absolute Gasteiger partial charge is 0.507 e. The van der Waals surface area contributed by atoms with Gasteiger partial charge < -0.3 is 9.84 Å². The van der Waals surface area contributed by atoms with E-state index in [1.165, 1.54) is 19.2 Å². The van der Waals surface area contributed by atoms with E-state index in [0.717, 1.165) is 59.1 Å². The number of halogens is 1. The number of unbranched alkanes of at least 4 members (excludes halogenated alkanes) is 2. The van der Waals surface area contributed by atoms with Gasteiger partial charge in [0.05, 0.1) is 7.11 Å². The van der Waals surface area contributed by atoms with Crippen LogP contribution in [0, 0.1) is 19.7 Å². The summed E-state index contributed by atoms with van der Waals surface area (Å²) >= 11 is 0. The number of ether oxygens (including phenoxy) is 1. The van der Waals surface area contributed by atoms with E-state index in [1.807, 2.05) is 13.8 Å². The molecule has 5 heteroatoms. The number of phenols is 1. The Hall–Kier alpha value is -2.69. The molecule has 1 atom stereocenters. The summed E-state index contributed by atoms with van der Waals surface area (Å²) in [4.78, 5) is 23.9. The minimum absolute atomic E-state index is 0.128. The number of ketones is 1. The van der Waals surface area contributed by atoms with Crippen LogP contribution in [0.4, 0.5) is 4.39 Å². The van der Waals surface area contributed by atoms with Gasteiger partial charge in [-0.15, -0.1) is 0 Å². The molecule has 0 saturated heterocycles. The Balaban J connectivity index is 1.95. The average molecular weight is 413 g/mol. The van der Waals surface area contributed by atoms with E-state index in [2.05, 4.69) is 4.74 Å². The summed E-state index contributed by atoms with van der Waals surface area (Å²) in [6.07, 6.45) is 4.63. The molecule has 0 heterocycles. The molecule has 1 N–H and O–H groups in total. The van der Waals surface area contributed by atoms with Crippen molar-refractivity contribution >= 4 is 11.8 Å². The second-order valence-corrected chi connectivity index (χ2v) is 8.07. The lowest BCUT2D eigenvalue weighted by atomic mass is 9.80. The zero-order valence-electron chi connectivity index (χ0n) is 17.9. The van der Waals surface area contributed by atoms with Crippen molar-refractivity contribution in [3.05, 3.63) is 63.5 Å². The zero-order chi connectivity index (χ0) is 21.8. The van der Waals surface area contributed by atoms with Crippen molar-refractivity contribution in [3.8, 4) is 5.75 Å². The smallest absolute Gasteiger partial charge is 0.305 e. The fraction of sp³-hybridized carbons (Fsp3) is 0.440. The normalized spacial score (nSPS) is 13.9. The molecule has 1 aliphatic rings. The molecule has 1 unspecified atom stereocenters. The van der Waals surface area contributed by atoms with E-state index in [9.17, 15) is 19.1 Å². The fourth-order valence-electron chi connectivity index (χ4n) is 4.52. The lowest BCUT2D eigenvalue weighted by Crippen LogP contribution is -2.09. The molecule has 0 spiro atoms. The number of methoxy groups -OCH3 is 1. The van der Waals surface area contributed by atoms with E-state index in [1.54, 1.807) is 12.1 Å². The Kier molecular flexibility index (Phi) is 6.91. The maximum atomic E-state index is 13.5. The molecule has 0 amide bonds. The maximum Gasteiger partial charge on any atom is 0.305 e. The first-order valence-corrected chi connectivity index (χ1v) is 10.6. The van der Waals surface area contributed by atoms with Gasteiger partial charge in [0.2, 0.25) is 0 Å². The minimum Gasteiger partial charge on any atom is -0.507 e. The second kappa shape index (κ2) is 9.41. The third kappa shape index (κ3) is 4.40. The number of fused-ring (bicyclic) bond motifs is 1. The molecule has 2 aromatic rings. The molecule has 0 aromatic heterocycles. The zero-order valence-corrected chi connectivity index (χ0v) is 17.9. The summed E-state index contributed by atoms with van der Waals surface area (Å²) < 4.78 is 18.2. The van der Waals surface area contributed by atoms with E-state index in [-0.39, 0.29) is 29.2 Å². The Morgan fingerprint density at radius 3 is 2.47 bits per heavy atom. The number of hydrogen-bond donors (Lipinski definition) is 1. The quantitative estimate of drug-likeness (QED) is 0.457. The molecule has 3 rings (SSSR count). The number of aromatic hydroxyl groups is 1. The topological polar surface area (TPSA) is 63.6 Å². The van der Waals surface area contributed by atoms with Crippen molar-refractivity contribution in [1.82, 2.24) is 0 Å². The average Bonchev–Trinajstić information content (AvgIpc) is 3.12. The number of carbonyl (C=O) groups excluding carboxylic acids is 2. The van der Waals surface area contributed by atoms with E-state index in [0.29, 0.717) is 19.3 Å². The van der Waals surface area contributed by atoms with Crippen LogP contribution in [-0.4, -0.2) is 24.0 Å². The van der Waals surface area contributed by atoms with Gasteiger partial charge in [-0.2, -0.15) is 0 Å². The molecule has 30 heavy (non-hydrogen) atoms. The van der Waals surface area contributed by atoms with Crippen molar-refractivity contribution in [2.45, 2.75) is 64.7 Å². The number of hydrogen-bond acceptors (Lipinski definition) is 4. The lowest BCUT2D eigenvalue weighted by molar-refractivity contribution is -0.140. The second-order valence-electron chi connectivity index (χ2n) is 8.07. The summed E-state index contributed by atoms with van der Waals surface area (Å²) in [5, 5.41) is 11.1. The highest BCUT2D eigenvalue weighted by atomic mass is 19.1. The Morgan fingerprint density at radius 2 is 1.80 bits per heavy atom.